The van der Waals surface area contributed by atoms with Crippen LogP contribution in [0.15, 0.2) is 64.0 Å². The van der Waals surface area contributed by atoms with E-state index in [4.69, 9.17) is 13.9 Å². The third kappa shape index (κ3) is 3.11. The molecule has 0 unspecified atom stereocenters. The Kier molecular flexibility index (Phi) is 3.86. The molecule has 5 heteroatoms. The molecule has 1 aromatic heterocycles. The summed E-state index contributed by atoms with van der Waals surface area (Å²) >= 11 is 0. The van der Waals surface area contributed by atoms with Crippen LogP contribution in [0.4, 0.5) is 5.69 Å². The molecule has 2 heterocycles. The molecule has 0 radical (unpaired) electrons. The van der Waals surface area contributed by atoms with Crippen molar-refractivity contribution in [3.8, 4) is 23.0 Å². The van der Waals surface area contributed by atoms with Crippen LogP contribution in [-0.4, -0.2) is 18.0 Å². The van der Waals surface area contributed by atoms with Crippen LogP contribution in [0.25, 0.3) is 22.6 Å². The van der Waals surface area contributed by atoms with E-state index in [0.29, 0.717) is 5.89 Å². The van der Waals surface area contributed by atoms with E-state index >= 15 is 0 Å². The van der Waals surface area contributed by atoms with Gasteiger partial charge in [-0.05, 0) is 67.9 Å². The van der Waals surface area contributed by atoms with Crippen LogP contribution in [-0.2, 0) is 0 Å². The lowest BCUT2D eigenvalue weighted by Crippen LogP contribution is -1.92. The molecule has 138 valence electrons. The van der Waals surface area contributed by atoms with Crippen molar-refractivity contribution in [2.45, 2.75) is 13.8 Å². The maximum atomic E-state index is 5.94. The minimum Gasteiger partial charge on any atom is -0.454 e. The Hall–Kier alpha value is -3.60. The zero-order valence-electron chi connectivity index (χ0n) is 15.6. The van der Waals surface area contributed by atoms with Crippen molar-refractivity contribution in [3.05, 3.63) is 71.3 Å². The van der Waals surface area contributed by atoms with Gasteiger partial charge in [-0.15, -0.1) is 0 Å². The van der Waals surface area contributed by atoms with Crippen LogP contribution in [0.5, 0.6) is 11.5 Å². The first-order chi connectivity index (χ1) is 13.6. The molecule has 5 nitrogen and oxygen atoms in total. The van der Waals surface area contributed by atoms with E-state index in [2.05, 4.69) is 42.0 Å². The Bertz CT molecular complexity index is 1200. The molecule has 0 fully saturated rings. The van der Waals surface area contributed by atoms with Gasteiger partial charge in [0.25, 0.3) is 0 Å². The smallest absolute Gasteiger partial charge is 0.231 e. The van der Waals surface area contributed by atoms with Gasteiger partial charge in [0.2, 0.25) is 12.7 Å². The predicted molar refractivity (Wildman–Crippen MR) is 109 cm³/mol. The Morgan fingerprint density at radius 3 is 2.57 bits per heavy atom. The lowest BCUT2D eigenvalue weighted by Gasteiger charge is -2.00. The second-order valence-electron chi connectivity index (χ2n) is 6.92. The van der Waals surface area contributed by atoms with Gasteiger partial charge < -0.3 is 13.9 Å². The molecule has 0 bridgehead atoms. The summed E-state index contributed by atoms with van der Waals surface area (Å²) in [4.78, 5) is 9.21. The molecule has 1 aliphatic heterocycles. The number of nitrogens with zero attached hydrogens (tertiary/aromatic N) is 2. The number of aromatic nitrogens is 1. The lowest BCUT2D eigenvalue weighted by atomic mass is 10.1. The molecule has 5 rings (SSSR count). The SMILES string of the molecule is Cc1cc(C)cc(-c2nc3cc(N=Cc4ccc5c(c4)OCO5)ccc3o2)c1. The quantitative estimate of drug-likeness (QED) is 0.441. The maximum absolute atomic E-state index is 5.94. The van der Waals surface area contributed by atoms with E-state index < -0.39 is 0 Å². The molecular formula is C23H18N2O3. The van der Waals surface area contributed by atoms with E-state index in [1.807, 2.05) is 36.4 Å². The van der Waals surface area contributed by atoms with Crippen LogP contribution >= 0.6 is 0 Å². The van der Waals surface area contributed by atoms with Gasteiger partial charge in [-0.25, -0.2) is 4.98 Å². The fourth-order valence-electron chi connectivity index (χ4n) is 3.36. The minimum atomic E-state index is 0.265. The zero-order valence-corrected chi connectivity index (χ0v) is 15.6. The maximum Gasteiger partial charge on any atom is 0.231 e. The molecule has 0 saturated carbocycles. The fraction of sp³-hybridized carbons (Fsp3) is 0.130. The number of fused-ring (bicyclic) bond motifs is 2. The van der Waals surface area contributed by atoms with Crippen LogP contribution < -0.4 is 9.47 Å². The first kappa shape index (κ1) is 16.6. The number of ether oxygens (including phenoxy) is 2. The third-order valence-electron chi connectivity index (χ3n) is 4.60. The number of aliphatic imine (C=N–C) groups is 1. The van der Waals surface area contributed by atoms with E-state index in [1.54, 1.807) is 6.21 Å². The van der Waals surface area contributed by atoms with Crippen LogP contribution in [0.1, 0.15) is 16.7 Å². The fourth-order valence-corrected chi connectivity index (χ4v) is 3.36. The molecule has 0 saturated heterocycles. The van der Waals surface area contributed by atoms with Crippen molar-refractivity contribution in [3.63, 3.8) is 0 Å². The van der Waals surface area contributed by atoms with Crippen molar-refractivity contribution in [1.82, 2.24) is 4.98 Å². The standard InChI is InChI=1S/C23H18N2O3/c1-14-7-15(2)9-17(8-14)23-25-19-11-18(4-6-20(19)28-23)24-12-16-3-5-21-22(10-16)27-13-26-21/h3-12H,13H2,1-2H3. The van der Waals surface area contributed by atoms with Crippen molar-refractivity contribution in [2.24, 2.45) is 4.99 Å². The average molecular weight is 370 g/mol. The van der Waals surface area contributed by atoms with Crippen molar-refractivity contribution >= 4 is 23.0 Å². The minimum absolute atomic E-state index is 0.265. The molecule has 0 amide bonds. The first-order valence-electron chi connectivity index (χ1n) is 9.07. The normalized spacial score (nSPS) is 12.9. The van der Waals surface area contributed by atoms with Gasteiger partial charge in [-0.2, -0.15) is 0 Å². The number of hydrogen-bond acceptors (Lipinski definition) is 5. The van der Waals surface area contributed by atoms with Crippen LogP contribution in [0.3, 0.4) is 0 Å². The third-order valence-corrected chi connectivity index (χ3v) is 4.60. The zero-order chi connectivity index (χ0) is 19.1. The van der Waals surface area contributed by atoms with Crippen molar-refractivity contribution < 1.29 is 13.9 Å². The molecule has 0 aliphatic carbocycles. The summed E-state index contributed by atoms with van der Waals surface area (Å²) in [6.45, 7) is 4.41. The van der Waals surface area contributed by atoms with Gasteiger partial charge in [0.15, 0.2) is 17.1 Å². The Balaban J connectivity index is 1.45. The van der Waals surface area contributed by atoms with Gasteiger partial charge in [-0.3, -0.25) is 4.99 Å². The number of hydrogen-bond donors (Lipinski definition) is 0. The summed E-state index contributed by atoms with van der Waals surface area (Å²) in [5, 5.41) is 0. The number of benzene rings is 3. The van der Waals surface area contributed by atoms with Crippen LogP contribution in [0, 0.1) is 13.8 Å². The van der Waals surface area contributed by atoms with Gasteiger partial charge in [0.05, 0.1) is 5.69 Å². The second-order valence-corrected chi connectivity index (χ2v) is 6.92. The topological polar surface area (TPSA) is 56.9 Å². The van der Waals surface area contributed by atoms with Gasteiger partial charge >= 0.3 is 0 Å². The van der Waals surface area contributed by atoms with Gasteiger partial charge in [-0.1, -0.05) is 17.2 Å². The van der Waals surface area contributed by atoms with E-state index in [-0.39, 0.29) is 6.79 Å². The molecule has 4 aromatic rings. The summed E-state index contributed by atoms with van der Waals surface area (Å²) < 4.78 is 16.7. The summed E-state index contributed by atoms with van der Waals surface area (Å²) in [5.74, 6) is 2.13. The first-order valence-corrected chi connectivity index (χ1v) is 9.07. The summed E-state index contributed by atoms with van der Waals surface area (Å²) in [6, 6.07) is 17.8. The van der Waals surface area contributed by atoms with E-state index in [1.165, 1.54) is 11.1 Å². The Morgan fingerprint density at radius 1 is 0.893 bits per heavy atom. The molecule has 1 aliphatic rings. The van der Waals surface area contributed by atoms with Crippen LogP contribution in [0.2, 0.25) is 0 Å². The van der Waals surface area contributed by atoms with E-state index in [9.17, 15) is 0 Å². The Morgan fingerprint density at radius 2 is 1.71 bits per heavy atom. The van der Waals surface area contributed by atoms with E-state index in [0.717, 1.165) is 39.4 Å². The highest BCUT2D eigenvalue weighted by Gasteiger charge is 2.13. The molecule has 28 heavy (non-hydrogen) atoms. The largest absolute Gasteiger partial charge is 0.454 e. The number of aryl methyl sites for hydroxylation is 2. The lowest BCUT2D eigenvalue weighted by molar-refractivity contribution is 0.174. The van der Waals surface area contributed by atoms with Gasteiger partial charge in [0, 0.05) is 11.8 Å². The van der Waals surface area contributed by atoms with Gasteiger partial charge in [0.1, 0.15) is 5.52 Å². The number of oxazole rings is 1. The highest BCUT2D eigenvalue weighted by atomic mass is 16.7. The number of rotatable bonds is 3. The monoisotopic (exact) mass is 370 g/mol. The van der Waals surface area contributed by atoms with Crippen molar-refractivity contribution in [1.29, 1.82) is 0 Å². The summed E-state index contributed by atoms with van der Waals surface area (Å²) in [7, 11) is 0. The average Bonchev–Trinajstić information content (AvgIpc) is 3.31. The predicted octanol–water partition coefficient (Wildman–Crippen LogP) is 5.59. The summed E-state index contributed by atoms with van der Waals surface area (Å²) in [5.41, 5.74) is 6.65. The van der Waals surface area contributed by atoms with Crippen molar-refractivity contribution in [2.75, 3.05) is 6.79 Å². The molecule has 3 aromatic carbocycles. The molecule has 0 spiro atoms. The highest BCUT2D eigenvalue weighted by Crippen LogP contribution is 2.32. The highest BCUT2D eigenvalue weighted by molar-refractivity contribution is 5.85. The molecular weight excluding hydrogens is 352 g/mol. The second kappa shape index (κ2) is 6.53. The Labute approximate surface area is 162 Å². The summed E-state index contributed by atoms with van der Waals surface area (Å²) in [6.07, 6.45) is 1.80. The molecule has 0 N–H and O–H groups in total. The molecule has 0 atom stereocenters.